The van der Waals surface area contributed by atoms with Crippen molar-refractivity contribution in [2.75, 3.05) is 13.2 Å². The summed E-state index contributed by atoms with van der Waals surface area (Å²) in [6.45, 7) is 10.5. The minimum Gasteiger partial charge on any atom is -0.376 e. The van der Waals surface area contributed by atoms with Crippen molar-refractivity contribution in [1.82, 2.24) is 5.32 Å². The van der Waals surface area contributed by atoms with E-state index >= 15 is 0 Å². The molecule has 0 saturated heterocycles. The Hall–Kier alpha value is -0.380. The van der Waals surface area contributed by atoms with Gasteiger partial charge in [-0.15, -0.1) is 11.3 Å². The molecule has 0 aromatic carbocycles. The number of ether oxygens (including phenoxy) is 1. The van der Waals surface area contributed by atoms with E-state index in [2.05, 4.69) is 32.2 Å². The summed E-state index contributed by atoms with van der Waals surface area (Å²) in [6, 6.07) is 2.31. The fourth-order valence-corrected chi connectivity index (χ4v) is 2.94. The number of nitrogens with one attached hydrogen (secondary N) is 1. The zero-order chi connectivity index (χ0) is 13.0. The van der Waals surface area contributed by atoms with Gasteiger partial charge in [0.25, 0.3) is 0 Å². The highest BCUT2D eigenvalue weighted by molar-refractivity contribution is 7.12. The molecule has 2 nitrogen and oxygen atoms in total. The van der Waals surface area contributed by atoms with Gasteiger partial charge in [0, 0.05) is 22.9 Å². The van der Waals surface area contributed by atoms with Crippen molar-refractivity contribution in [2.45, 2.75) is 46.8 Å². The minimum atomic E-state index is 0.715. The van der Waals surface area contributed by atoms with E-state index in [1.807, 2.05) is 11.3 Å². The third-order valence-corrected chi connectivity index (χ3v) is 4.32. The van der Waals surface area contributed by atoms with Gasteiger partial charge in [-0.05, 0) is 49.8 Å². The van der Waals surface area contributed by atoms with Crippen molar-refractivity contribution in [3.63, 3.8) is 0 Å². The molecule has 0 atom stereocenters. The van der Waals surface area contributed by atoms with E-state index < -0.39 is 0 Å². The Balaban J connectivity index is 1.74. The van der Waals surface area contributed by atoms with Crippen LogP contribution in [0.4, 0.5) is 0 Å². The van der Waals surface area contributed by atoms with Crippen LogP contribution in [0.5, 0.6) is 0 Å². The van der Waals surface area contributed by atoms with Crippen LogP contribution in [0, 0.1) is 18.8 Å². The van der Waals surface area contributed by atoms with Gasteiger partial charge in [0.15, 0.2) is 0 Å². The van der Waals surface area contributed by atoms with Crippen LogP contribution in [0.25, 0.3) is 0 Å². The van der Waals surface area contributed by atoms with Gasteiger partial charge in [-0.25, -0.2) is 0 Å². The summed E-state index contributed by atoms with van der Waals surface area (Å²) in [5, 5.41) is 3.50. The minimum absolute atomic E-state index is 0.715. The molecule has 0 spiro atoms. The zero-order valence-electron chi connectivity index (χ0n) is 11.8. The van der Waals surface area contributed by atoms with Crippen LogP contribution in [-0.2, 0) is 17.9 Å². The van der Waals surface area contributed by atoms with Crippen molar-refractivity contribution >= 4 is 11.3 Å². The van der Waals surface area contributed by atoms with Crippen molar-refractivity contribution in [2.24, 2.45) is 11.8 Å². The average molecular weight is 267 g/mol. The van der Waals surface area contributed by atoms with Crippen molar-refractivity contribution in [3.8, 4) is 0 Å². The Kier molecular flexibility index (Phi) is 5.22. The molecule has 1 heterocycles. The highest BCUT2D eigenvalue weighted by atomic mass is 32.1. The van der Waals surface area contributed by atoms with Crippen molar-refractivity contribution in [1.29, 1.82) is 0 Å². The number of rotatable bonds is 8. The molecule has 18 heavy (non-hydrogen) atoms. The fraction of sp³-hybridized carbons (Fsp3) is 0.733. The Morgan fingerprint density at radius 2 is 2.22 bits per heavy atom. The highest BCUT2D eigenvalue weighted by Crippen LogP contribution is 2.29. The molecule has 1 aliphatic carbocycles. The lowest BCUT2D eigenvalue weighted by atomic mass is 10.2. The van der Waals surface area contributed by atoms with Crippen LogP contribution < -0.4 is 5.32 Å². The molecule has 0 bridgehead atoms. The first-order valence-corrected chi connectivity index (χ1v) is 7.83. The molecule has 0 radical (unpaired) electrons. The molecule has 1 aromatic heterocycles. The largest absolute Gasteiger partial charge is 0.376 e. The predicted molar refractivity (Wildman–Crippen MR) is 78.0 cm³/mol. The lowest BCUT2D eigenvalue weighted by Crippen LogP contribution is -2.18. The Morgan fingerprint density at radius 3 is 2.89 bits per heavy atom. The maximum atomic E-state index is 5.77. The van der Waals surface area contributed by atoms with Gasteiger partial charge in [-0.2, -0.15) is 0 Å². The summed E-state index contributed by atoms with van der Waals surface area (Å²) >= 11 is 1.90. The van der Waals surface area contributed by atoms with E-state index in [0.29, 0.717) is 5.92 Å². The Morgan fingerprint density at radius 1 is 1.44 bits per heavy atom. The second-order valence-electron chi connectivity index (χ2n) is 5.78. The lowest BCUT2D eigenvalue weighted by Gasteiger charge is -2.05. The second kappa shape index (κ2) is 6.69. The van der Waals surface area contributed by atoms with E-state index in [1.54, 1.807) is 0 Å². The van der Waals surface area contributed by atoms with Gasteiger partial charge in [-0.1, -0.05) is 13.8 Å². The topological polar surface area (TPSA) is 21.3 Å². The molecule has 3 heteroatoms. The molecular formula is C15H25NOS. The molecule has 1 fully saturated rings. The molecule has 1 N–H and O–H groups in total. The fourth-order valence-electron chi connectivity index (χ4n) is 1.92. The van der Waals surface area contributed by atoms with Crippen LogP contribution in [0.2, 0.25) is 0 Å². The summed E-state index contributed by atoms with van der Waals surface area (Å²) in [4.78, 5) is 2.84. The molecule has 1 saturated carbocycles. The normalized spacial score (nSPS) is 15.6. The summed E-state index contributed by atoms with van der Waals surface area (Å²) in [5.41, 5.74) is 1.38. The van der Waals surface area contributed by atoms with Gasteiger partial charge >= 0.3 is 0 Å². The van der Waals surface area contributed by atoms with Gasteiger partial charge < -0.3 is 10.1 Å². The predicted octanol–water partition coefficient (Wildman–Crippen LogP) is 3.73. The lowest BCUT2D eigenvalue weighted by molar-refractivity contribution is 0.111. The molecule has 102 valence electrons. The number of hydrogen-bond donors (Lipinski definition) is 1. The third kappa shape index (κ3) is 4.71. The van der Waals surface area contributed by atoms with Gasteiger partial charge in [-0.3, -0.25) is 0 Å². The molecule has 1 aromatic rings. The molecule has 2 rings (SSSR count). The highest BCUT2D eigenvalue weighted by Gasteiger charge is 2.21. The Labute approximate surface area is 115 Å². The molecule has 1 aliphatic rings. The van der Waals surface area contributed by atoms with E-state index in [0.717, 1.165) is 32.2 Å². The maximum Gasteiger partial charge on any atom is 0.0727 e. The van der Waals surface area contributed by atoms with E-state index in [9.17, 15) is 0 Å². The summed E-state index contributed by atoms with van der Waals surface area (Å²) in [5.74, 6) is 1.57. The van der Waals surface area contributed by atoms with Crippen LogP contribution in [0.1, 0.15) is 42.0 Å². The van der Waals surface area contributed by atoms with E-state index in [1.165, 1.54) is 28.2 Å². The second-order valence-corrected chi connectivity index (χ2v) is 7.12. The van der Waals surface area contributed by atoms with Crippen LogP contribution >= 0.6 is 11.3 Å². The van der Waals surface area contributed by atoms with Crippen molar-refractivity contribution < 1.29 is 4.74 Å². The zero-order valence-corrected chi connectivity index (χ0v) is 12.6. The maximum absolute atomic E-state index is 5.77. The summed E-state index contributed by atoms with van der Waals surface area (Å²) < 4.78 is 5.77. The monoisotopic (exact) mass is 267 g/mol. The Bertz CT molecular complexity index is 369. The average Bonchev–Trinajstić information content (AvgIpc) is 3.04. The van der Waals surface area contributed by atoms with Gasteiger partial charge in [0.1, 0.15) is 0 Å². The molecule has 0 unspecified atom stereocenters. The number of thiophene rings is 1. The first-order chi connectivity index (χ1) is 8.65. The first kappa shape index (κ1) is 14.0. The van der Waals surface area contributed by atoms with Crippen LogP contribution in [0.3, 0.4) is 0 Å². The SMILES string of the molecule is Cc1sc(CNCC(C)C)cc1COCC1CC1. The van der Waals surface area contributed by atoms with Crippen molar-refractivity contribution in [3.05, 3.63) is 21.4 Å². The summed E-state index contributed by atoms with van der Waals surface area (Å²) in [6.07, 6.45) is 2.74. The van der Waals surface area contributed by atoms with E-state index in [4.69, 9.17) is 4.74 Å². The van der Waals surface area contributed by atoms with Gasteiger partial charge in [0.2, 0.25) is 0 Å². The first-order valence-electron chi connectivity index (χ1n) is 7.01. The van der Waals surface area contributed by atoms with Crippen LogP contribution in [-0.4, -0.2) is 13.2 Å². The third-order valence-electron chi connectivity index (χ3n) is 3.23. The number of hydrogen-bond acceptors (Lipinski definition) is 3. The van der Waals surface area contributed by atoms with Crippen LogP contribution in [0.15, 0.2) is 6.07 Å². The summed E-state index contributed by atoms with van der Waals surface area (Å²) in [7, 11) is 0. The van der Waals surface area contributed by atoms with Gasteiger partial charge in [0.05, 0.1) is 6.61 Å². The van der Waals surface area contributed by atoms with E-state index in [-0.39, 0.29) is 0 Å². The molecule has 0 amide bonds. The quantitative estimate of drug-likeness (QED) is 0.775. The molecular weight excluding hydrogens is 242 g/mol. The molecule has 0 aliphatic heterocycles. The number of aryl methyl sites for hydroxylation is 1. The smallest absolute Gasteiger partial charge is 0.0727 e. The standard InChI is InChI=1S/C15H25NOS/c1-11(2)7-16-8-15-6-14(12(3)18-15)10-17-9-13-4-5-13/h6,11,13,16H,4-5,7-10H2,1-3H3.